The van der Waals surface area contributed by atoms with Crippen LogP contribution in [0.15, 0.2) is 12.4 Å². The Kier molecular flexibility index (Phi) is 4.98. The van der Waals surface area contributed by atoms with E-state index in [-0.39, 0.29) is 0 Å². The van der Waals surface area contributed by atoms with Gasteiger partial charge >= 0.3 is 0 Å². The summed E-state index contributed by atoms with van der Waals surface area (Å²) in [7, 11) is 4.07. The molecule has 0 bridgehead atoms. The van der Waals surface area contributed by atoms with Crippen molar-refractivity contribution in [3.63, 3.8) is 0 Å². The molecule has 4 heteroatoms. The van der Waals surface area contributed by atoms with E-state index in [1.807, 2.05) is 17.9 Å². The largest absolute Gasteiger partial charge is 0.302 e. The standard InChI is InChI=1S/C10H18ClN3/c1-13(6-4-3-5-11)8-10-7-12-14(2)9-10/h7,9H,3-6,8H2,1-2H3. The summed E-state index contributed by atoms with van der Waals surface area (Å²) in [5.41, 5.74) is 1.26. The summed E-state index contributed by atoms with van der Waals surface area (Å²) in [5, 5.41) is 4.14. The van der Waals surface area contributed by atoms with Crippen LogP contribution in [-0.4, -0.2) is 34.2 Å². The number of halogens is 1. The molecule has 0 aliphatic rings. The highest BCUT2D eigenvalue weighted by Gasteiger charge is 2.01. The van der Waals surface area contributed by atoms with Crippen LogP contribution in [0.4, 0.5) is 0 Å². The van der Waals surface area contributed by atoms with Gasteiger partial charge in [0.1, 0.15) is 0 Å². The first-order chi connectivity index (χ1) is 6.72. The van der Waals surface area contributed by atoms with E-state index in [1.54, 1.807) is 0 Å². The fourth-order valence-corrected chi connectivity index (χ4v) is 1.61. The van der Waals surface area contributed by atoms with Crippen LogP contribution in [0.5, 0.6) is 0 Å². The molecule has 0 spiro atoms. The first-order valence-corrected chi connectivity index (χ1v) is 5.48. The second-order valence-corrected chi connectivity index (χ2v) is 4.03. The molecule has 0 fully saturated rings. The summed E-state index contributed by atoms with van der Waals surface area (Å²) in [6.45, 7) is 2.07. The fourth-order valence-electron chi connectivity index (χ4n) is 1.42. The molecule has 0 saturated carbocycles. The van der Waals surface area contributed by atoms with E-state index < -0.39 is 0 Å². The Morgan fingerprint density at radius 3 is 2.86 bits per heavy atom. The summed E-state index contributed by atoms with van der Waals surface area (Å²) in [6, 6.07) is 0. The van der Waals surface area contributed by atoms with Gasteiger partial charge in [0.2, 0.25) is 0 Å². The van der Waals surface area contributed by atoms with Gasteiger partial charge in [0, 0.05) is 31.2 Å². The SMILES string of the molecule is CN(CCCCCl)Cc1cnn(C)c1. The molecule has 0 aliphatic carbocycles. The van der Waals surface area contributed by atoms with Gasteiger partial charge in [-0.3, -0.25) is 4.68 Å². The lowest BCUT2D eigenvalue weighted by Gasteiger charge is -2.14. The molecule has 1 aromatic heterocycles. The Labute approximate surface area is 90.7 Å². The van der Waals surface area contributed by atoms with Gasteiger partial charge in [-0.2, -0.15) is 5.10 Å². The third-order valence-electron chi connectivity index (χ3n) is 2.13. The molecule has 0 radical (unpaired) electrons. The maximum absolute atomic E-state index is 5.62. The van der Waals surface area contributed by atoms with Crippen molar-refractivity contribution in [2.75, 3.05) is 19.5 Å². The minimum absolute atomic E-state index is 0.765. The Morgan fingerprint density at radius 1 is 1.50 bits per heavy atom. The maximum atomic E-state index is 5.62. The molecule has 0 atom stereocenters. The van der Waals surface area contributed by atoms with Crippen molar-refractivity contribution in [3.05, 3.63) is 18.0 Å². The van der Waals surface area contributed by atoms with Crippen molar-refractivity contribution in [2.45, 2.75) is 19.4 Å². The molecule has 0 aromatic carbocycles. The Bertz CT molecular complexity index is 260. The number of hydrogen-bond acceptors (Lipinski definition) is 2. The number of unbranched alkanes of at least 4 members (excludes halogenated alkanes) is 1. The zero-order chi connectivity index (χ0) is 10.4. The van der Waals surface area contributed by atoms with E-state index in [0.29, 0.717) is 0 Å². The van der Waals surface area contributed by atoms with Gasteiger partial charge in [0.05, 0.1) is 6.20 Å². The Balaban J connectivity index is 2.23. The highest BCUT2D eigenvalue weighted by molar-refractivity contribution is 6.17. The second-order valence-electron chi connectivity index (χ2n) is 3.66. The van der Waals surface area contributed by atoms with E-state index in [4.69, 9.17) is 11.6 Å². The summed E-state index contributed by atoms with van der Waals surface area (Å²) < 4.78 is 1.84. The average molecular weight is 216 g/mol. The zero-order valence-corrected chi connectivity index (χ0v) is 9.67. The molecule has 0 amide bonds. The lowest BCUT2D eigenvalue weighted by atomic mass is 10.3. The van der Waals surface area contributed by atoms with E-state index in [0.717, 1.165) is 25.4 Å². The lowest BCUT2D eigenvalue weighted by molar-refractivity contribution is 0.321. The van der Waals surface area contributed by atoms with Crippen molar-refractivity contribution in [3.8, 4) is 0 Å². The number of alkyl halides is 1. The first-order valence-electron chi connectivity index (χ1n) is 4.94. The molecule has 0 aliphatic heterocycles. The number of rotatable bonds is 6. The summed E-state index contributed by atoms with van der Waals surface area (Å²) in [6.07, 6.45) is 6.23. The quantitative estimate of drug-likeness (QED) is 0.534. The Morgan fingerprint density at radius 2 is 2.29 bits per heavy atom. The molecule has 1 heterocycles. The predicted molar refractivity (Wildman–Crippen MR) is 59.5 cm³/mol. The van der Waals surface area contributed by atoms with Gasteiger partial charge in [-0.05, 0) is 26.4 Å². The Hall–Kier alpha value is -0.540. The van der Waals surface area contributed by atoms with Gasteiger partial charge < -0.3 is 4.90 Å². The highest BCUT2D eigenvalue weighted by atomic mass is 35.5. The van der Waals surface area contributed by atoms with Crippen LogP contribution in [0.1, 0.15) is 18.4 Å². The van der Waals surface area contributed by atoms with Gasteiger partial charge in [0.25, 0.3) is 0 Å². The molecule has 14 heavy (non-hydrogen) atoms. The van der Waals surface area contributed by atoms with Gasteiger partial charge in [-0.1, -0.05) is 0 Å². The molecule has 1 aromatic rings. The smallest absolute Gasteiger partial charge is 0.0534 e. The summed E-state index contributed by atoms with van der Waals surface area (Å²) >= 11 is 5.62. The number of nitrogens with zero attached hydrogens (tertiary/aromatic N) is 3. The van der Waals surface area contributed by atoms with E-state index >= 15 is 0 Å². The van der Waals surface area contributed by atoms with Crippen LogP contribution in [0.3, 0.4) is 0 Å². The number of aromatic nitrogens is 2. The van der Waals surface area contributed by atoms with Crippen molar-refractivity contribution in [1.82, 2.24) is 14.7 Å². The van der Waals surface area contributed by atoms with Crippen LogP contribution in [0.25, 0.3) is 0 Å². The van der Waals surface area contributed by atoms with Crippen molar-refractivity contribution < 1.29 is 0 Å². The van der Waals surface area contributed by atoms with E-state index in [1.165, 1.54) is 12.0 Å². The number of aryl methyl sites for hydroxylation is 1. The van der Waals surface area contributed by atoms with E-state index in [2.05, 4.69) is 23.2 Å². The minimum atomic E-state index is 0.765. The van der Waals surface area contributed by atoms with Crippen molar-refractivity contribution in [1.29, 1.82) is 0 Å². The topological polar surface area (TPSA) is 21.1 Å². The molecule has 3 nitrogen and oxygen atoms in total. The van der Waals surface area contributed by atoms with Gasteiger partial charge in [-0.15, -0.1) is 11.6 Å². The first kappa shape index (κ1) is 11.5. The predicted octanol–water partition coefficient (Wildman–Crippen LogP) is 1.87. The molecule has 0 unspecified atom stereocenters. The lowest BCUT2D eigenvalue weighted by Crippen LogP contribution is -2.18. The van der Waals surface area contributed by atoms with Crippen molar-refractivity contribution in [2.24, 2.45) is 7.05 Å². The second kappa shape index (κ2) is 6.04. The third kappa shape index (κ3) is 4.11. The van der Waals surface area contributed by atoms with Crippen LogP contribution in [-0.2, 0) is 13.6 Å². The minimum Gasteiger partial charge on any atom is -0.302 e. The zero-order valence-electron chi connectivity index (χ0n) is 8.91. The van der Waals surface area contributed by atoms with Gasteiger partial charge in [0.15, 0.2) is 0 Å². The van der Waals surface area contributed by atoms with Crippen LogP contribution < -0.4 is 0 Å². The highest BCUT2D eigenvalue weighted by Crippen LogP contribution is 2.02. The fraction of sp³-hybridized carbons (Fsp3) is 0.700. The third-order valence-corrected chi connectivity index (χ3v) is 2.40. The number of hydrogen-bond donors (Lipinski definition) is 0. The average Bonchev–Trinajstić information content (AvgIpc) is 2.52. The summed E-state index contributed by atoms with van der Waals surface area (Å²) in [4.78, 5) is 2.30. The van der Waals surface area contributed by atoms with Crippen molar-refractivity contribution >= 4 is 11.6 Å². The van der Waals surface area contributed by atoms with Crippen LogP contribution in [0, 0.1) is 0 Å². The molecular formula is C10H18ClN3. The van der Waals surface area contributed by atoms with Gasteiger partial charge in [-0.25, -0.2) is 0 Å². The monoisotopic (exact) mass is 215 g/mol. The summed E-state index contributed by atoms with van der Waals surface area (Å²) in [5.74, 6) is 0.765. The van der Waals surface area contributed by atoms with E-state index in [9.17, 15) is 0 Å². The maximum Gasteiger partial charge on any atom is 0.0534 e. The molecule has 80 valence electrons. The molecule has 0 N–H and O–H groups in total. The molecule has 1 rings (SSSR count). The van der Waals surface area contributed by atoms with Crippen LogP contribution >= 0.6 is 11.6 Å². The molecular weight excluding hydrogens is 198 g/mol. The van der Waals surface area contributed by atoms with Crippen LogP contribution in [0.2, 0.25) is 0 Å². The molecule has 0 saturated heterocycles. The normalized spacial score (nSPS) is 11.1.